The molecular weight excluding hydrogens is 214 g/mol. The zero-order chi connectivity index (χ0) is 12.3. The van der Waals surface area contributed by atoms with Gasteiger partial charge in [0.25, 0.3) is 5.91 Å². The van der Waals surface area contributed by atoms with Crippen LogP contribution in [0, 0.1) is 5.92 Å². The lowest BCUT2D eigenvalue weighted by molar-refractivity contribution is -0.134. The SMILES string of the molecule is CCC1=NN(C2CCCCC2)C(=O)C1CCN. The van der Waals surface area contributed by atoms with Gasteiger partial charge in [-0.25, -0.2) is 5.01 Å². The molecular formula is C13H23N3O. The maximum Gasteiger partial charge on any atom is 0.251 e. The van der Waals surface area contributed by atoms with E-state index in [0.717, 1.165) is 31.4 Å². The molecule has 4 nitrogen and oxygen atoms in total. The summed E-state index contributed by atoms with van der Waals surface area (Å²) >= 11 is 0. The third-order valence-corrected chi connectivity index (χ3v) is 3.90. The summed E-state index contributed by atoms with van der Waals surface area (Å²) in [5.74, 6) is 0.158. The minimum atomic E-state index is -0.0353. The minimum Gasteiger partial charge on any atom is -0.330 e. The van der Waals surface area contributed by atoms with Gasteiger partial charge >= 0.3 is 0 Å². The van der Waals surface area contributed by atoms with Gasteiger partial charge in [-0.15, -0.1) is 0 Å². The van der Waals surface area contributed by atoms with Crippen LogP contribution in [0.2, 0.25) is 0 Å². The Morgan fingerprint density at radius 3 is 2.65 bits per heavy atom. The number of nitrogens with zero attached hydrogens (tertiary/aromatic N) is 2. The first kappa shape index (κ1) is 12.6. The van der Waals surface area contributed by atoms with E-state index in [1.165, 1.54) is 19.3 Å². The summed E-state index contributed by atoms with van der Waals surface area (Å²) in [4.78, 5) is 12.3. The van der Waals surface area contributed by atoms with Crippen LogP contribution < -0.4 is 5.73 Å². The Kier molecular flexibility index (Phi) is 4.15. The largest absolute Gasteiger partial charge is 0.330 e. The zero-order valence-electron chi connectivity index (χ0n) is 10.7. The summed E-state index contributed by atoms with van der Waals surface area (Å²) in [6.07, 6.45) is 7.59. The van der Waals surface area contributed by atoms with Crippen molar-refractivity contribution in [2.24, 2.45) is 16.8 Å². The van der Waals surface area contributed by atoms with Crippen molar-refractivity contribution in [3.05, 3.63) is 0 Å². The lowest BCUT2D eigenvalue weighted by atomic mass is 9.93. The molecule has 2 N–H and O–H groups in total. The first-order chi connectivity index (χ1) is 8.27. The average molecular weight is 237 g/mol. The first-order valence-corrected chi connectivity index (χ1v) is 6.88. The number of amides is 1. The molecule has 2 aliphatic rings. The Morgan fingerprint density at radius 1 is 1.35 bits per heavy atom. The second-order valence-electron chi connectivity index (χ2n) is 5.05. The smallest absolute Gasteiger partial charge is 0.251 e. The van der Waals surface area contributed by atoms with E-state index in [2.05, 4.69) is 12.0 Å². The summed E-state index contributed by atoms with van der Waals surface area (Å²) in [7, 11) is 0. The maximum absolute atomic E-state index is 12.3. The van der Waals surface area contributed by atoms with Crippen molar-refractivity contribution in [2.75, 3.05) is 6.54 Å². The fourth-order valence-corrected chi connectivity index (χ4v) is 2.92. The molecule has 0 aromatic heterocycles. The molecule has 0 radical (unpaired) electrons. The van der Waals surface area contributed by atoms with Crippen molar-refractivity contribution in [1.29, 1.82) is 0 Å². The summed E-state index contributed by atoms with van der Waals surface area (Å²) < 4.78 is 0. The van der Waals surface area contributed by atoms with Crippen molar-refractivity contribution < 1.29 is 4.79 Å². The van der Waals surface area contributed by atoms with Crippen molar-refractivity contribution in [1.82, 2.24) is 5.01 Å². The fourth-order valence-electron chi connectivity index (χ4n) is 2.92. The molecule has 0 spiro atoms. The van der Waals surface area contributed by atoms with Gasteiger partial charge in [0.05, 0.1) is 17.7 Å². The Hall–Kier alpha value is -0.900. The molecule has 1 amide bonds. The number of rotatable bonds is 4. The molecule has 1 heterocycles. The molecule has 17 heavy (non-hydrogen) atoms. The van der Waals surface area contributed by atoms with Gasteiger partial charge in [0.1, 0.15) is 0 Å². The monoisotopic (exact) mass is 237 g/mol. The van der Waals surface area contributed by atoms with Gasteiger partial charge in [-0.05, 0) is 32.2 Å². The predicted octanol–water partition coefficient (Wildman–Crippen LogP) is 1.89. The maximum atomic E-state index is 12.3. The fraction of sp³-hybridized carbons (Fsp3) is 0.846. The molecule has 1 aliphatic carbocycles. The third-order valence-electron chi connectivity index (χ3n) is 3.90. The van der Waals surface area contributed by atoms with E-state index < -0.39 is 0 Å². The lowest BCUT2D eigenvalue weighted by Crippen LogP contribution is -2.37. The van der Waals surface area contributed by atoms with Crippen molar-refractivity contribution in [2.45, 2.75) is 57.9 Å². The molecule has 1 aliphatic heterocycles. The van der Waals surface area contributed by atoms with Crippen LogP contribution in [-0.4, -0.2) is 29.2 Å². The van der Waals surface area contributed by atoms with Crippen LogP contribution in [0.1, 0.15) is 51.9 Å². The van der Waals surface area contributed by atoms with Crippen LogP contribution in [0.3, 0.4) is 0 Å². The molecule has 1 atom stereocenters. The van der Waals surface area contributed by atoms with Crippen LogP contribution in [0.5, 0.6) is 0 Å². The van der Waals surface area contributed by atoms with Crippen molar-refractivity contribution in [3.8, 4) is 0 Å². The Balaban J connectivity index is 2.08. The second-order valence-corrected chi connectivity index (χ2v) is 5.05. The zero-order valence-corrected chi connectivity index (χ0v) is 10.7. The van der Waals surface area contributed by atoms with Gasteiger partial charge in [0.2, 0.25) is 0 Å². The van der Waals surface area contributed by atoms with Gasteiger partial charge in [-0.1, -0.05) is 26.2 Å². The summed E-state index contributed by atoms with van der Waals surface area (Å²) in [5.41, 5.74) is 6.62. The molecule has 1 saturated carbocycles. The van der Waals surface area contributed by atoms with Gasteiger partial charge in [-0.2, -0.15) is 5.10 Å². The van der Waals surface area contributed by atoms with Crippen LogP contribution in [0.4, 0.5) is 0 Å². The Labute approximate surface area is 103 Å². The van der Waals surface area contributed by atoms with E-state index >= 15 is 0 Å². The van der Waals surface area contributed by atoms with Crippen molar-refractivity contribution in [3.63, 3.8) is 0 Å². The van der Waals surface area contributed by atoms with E-state index in [1.807, 2.05) is 0 Å². The molecule has 1 fully saturated rings. The highest BCUT2D eigenvalue weighted by molar-refractivity contribution is 6.07. The summed E-state index contributed by atoms with van der Waals surface area (Å²) in [6.45, 7) is 2.63. The predicted molar refractivity (Wildman–Crippen MR) is 68.6 cm³/mol. The van der Waals surface area contributed by atoms with Crippen LogP contribution in [0.25, 0.3) is 0 Å². The van der Waals surface area contributed by atoms with Crippen LogP contribution >= 0.6 is 0 Å². The van der Waals surface area contributed by atoms with Crippen LogP contribution in [0.15, 0.2) is 5.10 Å². The molecule has 96 valence electrons. The van der Waals surface area contributed by atoms with Gasteiger partial charge in [-0.3, -0.25) is 4.79 Å². The summed E-state index contributed by atoms with van der Waals surface area (Å²) in [6, 6.07) is 0.348. The number of nitrogens with two attached hydrogens (primary N) is 1. The van der Waals surface area contributed by atoms with E-state index in [1.54, 1.807) is 5.01 Å². The number of hydrogen-bond acceptors (Lipinski definition) is 3. The van der Waals surface area contributed by atoms with Gasteiger partial charge < -0.3 is 5.73 Å². The highest BCUT2D eigenvalue weighted by atomic mass is 16.2. The average Bonchev–Trinajstić information content (AvgIpc) is 2.69. The lowest BCUT2D eigenvalue weighted by Gasteiger charge is -2.28. The van der Waals surface area contributed by atoms with Crippen LogP contribution in [-0.2, 0) is 4.79 Å². The van der Waals surface area contributed by atoms with Gasteiger partial charge in [0.15, 0.2) is 0 Å². The van der Waals surface area contributed by atoms with Gasteiger partial charge in [0, 0.05) is 0 Å². The Morgan fingerprint density at radius 2 is 2.06 bits per heavy atom. The molecule has 0 saturated heterocycles. The quantitative estimate of drug-likeness (QED) is 0.811. The number of carbonyl (C=O) groups is 1. The molecule has 2 rings (SSSR count). The number of carbonyl (C=O) groups excluding carboxylic acids is 1. The normalized spacial score (nSPS) is 26.5. The van der Waals surface area contributed by atoms with Crippen molar-refractivity contribution >= 4 is 11.6 Å². The molecule has 0 aromatic rings. The van der Waals surface area contributed by atoms with E-state index in [4.69, 9.17) is 5.73 Å². The highest BCUT2D eigenvalue weighted by Crippen LogP contribution is 2.29. The van der Waals surface area contributed by atoms with E-state index in [-0.39, 0.29) is 11.8 Å². The first-order valence-electron chi connectivity index (χ1n) is 6.88. The third kappa shape index (κ3) is 2.51. The topological polar surface area (TPSA) is 58.7 Å². The minimum absolute atomic E-state index is 0.0353. The molecule has 0 aromatic carbocycles. The standard InChI is InChI=1S/C13H23N3O/c1-2-12-11(8-9-14)13(17)16(15-12)10-6-4-3-5-7-10/h10-11H,2-9,14H2,1H3. The summed E-state index contributed by atoms with van der Waals surface area (Å²) in [5, 5.41) is 6.33. The number of hydrazone groups is 1. The molecule has 4 heteroatoms. The molecule has 0 bridgehead atoms. The number of hydrogen-bond donors (Lipinski definition) is 1. The highest BCUT2D eigenvalue weighted by Gasteiger charge is 2.37. The Bertz CT molecular complexity index is 308. The second kappa shape index (κ2) is 5.63. The van der Waals surface area contributed by atoms with E-state index in [9.17, 15) is 4.79 Å². The van der Waals surface area contributed by atoms with E-state index in [0.29, 0.717) is 12.6 Å². The molecule has 1 unspecified atom stereocenters.